The van der Waals surface area contributed by atoms with Crippen molar-refractivity contribution in [2.75, 3.05) is 13.2 Å². The molecule has 0 saturated carbocycles. The van der Waals surface area contributed by atoms with Gasteiger partial charge in [-0.05, 0) is 43.4 Å². The van der Waals surface area contributed by atoms with Crippen LogP contribution in [-0.2, 0) is 0 Å². The Kier molecular flexibility index (Phi) is 9.14. The smallest absolute Gasteiger partial charge is 0.0435 e. The van der Waals surface area contributed by atoms with Crippen LogP contribution >= 0.6 is 11.6 Å². The van der Waals surface area contributed by atoms with E-state index in [1.54, 1.807) is 0 Å². The Morgan fingerprint density at radius 2 is 1.88 bits per heavy atom. The molecule has 1 unspecified atom stereocenters. The van der Waals surface area contributed by atoms with Crippen molar-refractivity contribution in [2.24, 2.45) is 17.6 Å². The summed E-state index contributed by atoms with van der Waals surface area (Å²) in [4.78, 5) is 0. The van der Waals surface area contributed by atoms with E-state index < -0.39 is 0 Å². The molecule has 98 valence electrons. The molecule has 1 aromatic carbocycles. The summed E-state index contributed by atoms with van der Waals surface area (Å²) in [5.41, 5.74) is 6.58. The first-order valence-electron chi connectivity index (χ1n) is 6.05. The number of aryl methyl sites for hydroxylation is 1. The van der Waals surface area contributed by atoms with Crippen molar-refractivity contribution in [3.63, 3.8) is 0 Å². The molecule has 0 saturated heterocycles. The van der Waals surface area contributed by atoms with Gasteiger partial charge in [-0.1, -0.05) is 43.6 Å². The molecule has 0 radical (unpaired) electrons. The first-order chi connectivity index (χ1) is 8.02. The highest BCUT2D eigenvalue weighted by Crippen LogP contribution is 2.12. The van der Waals surface area contributed by atoms with Crippen molar-refractivity contribution >= 4 is 11.6 Å². The van der Waals surface area contributed by atoms with Gasteiger partial charge in [0.15, 0.2) is 0 Å². The summed E-state index contributed by atoms with van der Waals surface area (Å²) in [6.45, 7) is 7.21. The molecule has 0 bridgehead atoms. The molecular formula is C14H24ClNO. The van der Waals surface area contributed by atoms with E-state index in [1.807, 2.05) is 31.2 Å². The minimum atomic E-state index is 0.264. The minimum Gasteiger partial charge on any atom is -0.396 e. The zero-order valence-electron chi connectivity index (χ0n) is 11.0. The van der Waals surface area contributed by atoms with Crippen LogP contribution in [0, 0.1) is 18.8 Å². The fraction of sp³-hybridized carbons (Fsp3) is 0.571. The van der Waals surface area contributed by atoms with Gasteiger partial charge in [-0.2, -0.15) is 0 Å². The Morgan fingerprint density at radius 3 is 2.12 bits per heavy atom. The monoisotopic (exact) mass is 257 g/mol. The third-order valence-electron chi connectivity index (χ3n) is 2.82. The van der Waals surface area contributed by atoms with Crippen molar-refractivity contribution < 1.29 is 5.11 Å². The number of hydrogen-bond donors (Lipinski definition) is 2. The zero-order valence-corrected chi connectivity index (χ0v) is 11.7. The van der Waals surface area contributed by atoms with Gasteiger partial charge in [-0.3, -0.25) is 0 Å². The van der Waals surface area contributed by atoms with E-state index in [0.29, 0.717) is 18.4 Å². The molecule has 0 aliphatic rings. The largest absolute Gasteiger partial charge is 0.396 e. The van der Waals surface area contributed by atoms with Crippen molar-refractivity contribution in [1.29, 1.82) is 0 Å². The second-order valence-electron chi connectivity index (χ2n) is 4.50. The van der Waals surface area contributed by atoms with Crippen molar-refractivity contribution in [1.82, 2.24) is 0 Å². The van der Waals surface area contributed by atoms with Crippen molar-refractivity contribution in [3.8, 4) is 0 Å². The summed E-state index contributed by atoms with van der Waals surface area (Å²) in [5.74, 6) is 1.09. The standard InChI is InChI=1S/C7H7Cl.C7H17NO/c1-6-4-2-3-5-7(6)8;1-6(2)7(5-8)3-4-9/h2-5H,1H3;6-7,9H,3-5,8H2,1-2H3. The van der Waals surface area contributed by atoms with Crippen LogP contribution in [0.2, 0.25) is 5.02 Å². The second-order valence-corrected chi connectivity index (χ2v) is 4.91. The first-order valence-corrected chi connectivity index (χ1v) is 6.42. The highest BCUT2D eigenvalue weighted by atomic mass is 35.5. The predicted octanol–water partition coefficient (Wildman–Crippen LogP) is 3.25. The molecule has 1 atom stereocenters. The molecule has 0 aliphatic carbocycles. The maximum Gasteiger partial charge on any atom is 0.0435 e. The second kappa shape index (κ2) is 9.46. The molecule has 17 heavy (non-hydrogen) atoms. The third kappa shape index (κ3) is 7.37. The molecule has 0 heterocycles. The van der Waals surface area contributed by atoms with E-state index in [2.05, 4.69) is 13.8 Å². The van der Waals surface area contributed by atoms with Gasteiger partial charge < -0.3 is 10.8 Å². The average molecular weight is 258 g/mol. The lowest BCUT2D eigenvalue weighted by atomic mass is 9.93. The van der Waals surface area contributed by atoms with E-state index in [-0.39, 0.29) is 6.61 Å². The molecule has 2 nitrogen and oxygen atoms in total. The van der Waals surface area contributed by atoms with Crippen molar-refractivity contribution in [2.45, 2.75) is 27.2 Å². The highest BCUT2D eigenvalue weighted by Gasteiger charge is 2.09. The van der Waals surface area contributed by atoms with Crippen molar-refractivity contribution in [3.05, 3.63) is 34.9 Å². The van der Waals surface area contributed by atoms with Crippen LogP contribution in [0.3, 0.4) is 0 Å². The number of aliphatic hydroxyl groups excluding tert-OH is 1. The molecular weight excluding hydrogens is 234 g/mol. The molecule has 0 aromatic heterocycles. The van der Waals surface area contributed by atoms with Crippen LogP contribution < -0.4 is 5.73 Å². The maximum absolute atomic E-state index is 8.56. The quantitative estimate of drug-likeness (QED) is 0.870. The molecule has 0 amide bonds. The molecule has 0 spiro atoms. The Bertz CT molecular complexity index is 281. The fourth-order valence-corrected chi connectivity index (χ4v) is 1.58. The lowest BCUT2D eigenvalue weighted by Gasteiger charge is -2.16. The lowest BCUT2D eigenvalue weighted by Crippen LogP contribution is -2.20. The minimum absolute atomic E-state index is 0.264. The lowest BCUT2D eigenvalue weighted by molar-refractivity contribution is 0.234. The van der Waals surface area contributed by atoms with Gasteiger partial charge in [-0.15, -0.1) is 0 Å². The zero-order chi connectivity index (χ0) is 13.3. The van der Waals surface area contributed by atoms with Gasteiger partial charge in [0, 0.05) is 11.6 Å². The Morgan fingerprint density at radius 1 is 1.29 bits per heavy atom. The highest BCUT2D eigenvalue weighted by molar-refractivity contribution is 6.31. The van der Waals surface area contributed by atoms with Gasteiger partial charge >= 0.3 is 0 Å². The van der Waals surface area contributed by atoms with Gasteiger partial charge in [0.25, 0.3) is 0 Å². The van der Waals surface area contributed by atoms with Crippen LogP contribution in [0.25, 0.3) is 0 Å². The number of aliphatic hydroxyl groups is 1. The number of hydrogen-bond acceptors (Lipinski definition) is 2. The van der Waals surface area contributed by atoms with E-state index in [9.17, 15) is 0 Å². The fourth-order valence-electron chi connectivity index (χ4n) is 1.44. The normalized spacial score (nSPS) is 11.9. The third-order valence-corrected chi connectivity index (χ3v) is 3.25. The van der Waals surface area contributed by atoms with Crippen LogP contribution in [0.15, 0.2) is 24.3 Å². The summed E-state index contributed by atoms with van der Waals surface area (Å²) >= 11 is 5.71. The number of rotatable bonds is 4. The summed E-state index contributed by atoms with van der Waals surface area (Å²) in [6.07, 6.45) is 0.841. The van der Waals surface area contributed by atoms with E-state index in [4.69, 9.17) is 22.4 Å². The first kappa shape index (κ1) is 16.4. The summed E-state index contributed by atoms with van der Waals surface area (Å²) in [6, 6.07) is 7.77. The Labute approximate surface area is 110 Å². The number of nitrogens with two attached hydrogens (primary N) is 1. The Balaban J connectivity index is 0.000000302. The summed E-state index contributed by atoms with van der Waals surface area (Å²) in [7, 11) is 0. The topological polar surface area (TPSA) is 46.2 Å². The van der Waals surface area contributed by atoms with E-state index >= 15 is 0 Å². The molecule has 0 aliphatic heterocycles. The average Bonchev–Trinajstić information content (AvgIpc) is 2.30. The molecule has 1 rings (SSSR count). The van der Waals surface area contributed by atoms with Gasteiger partial charge in [0.1, 0.15) is 0 Å². The summed E-state index contributed by atoms with van der Waals surface area (Å²) < 4.78 is 0. The number of benzene rings is 1. The van der Waals surface area contributed by atoms with E-state index in [0.717, 1.165) is 17.0 Å². The SMILES string of the molecule is CC(C)C(CN)CCO.Cc1ccccc1Cl. The van der Waals surface area contributed by atoms with Crippen LogP contribution in [0.5, 0.6) is 0 Å². The molecule has 1 aromatic rings. The summed E-state index contributed by atoms with van der Waals surface area (Å²) in [5, 5.41) is 9.40. The Hall–Kier alpha value is -0.570. The van der Waals surface area contributed by atoms with Gasteiger partial charge in [-0.25, -0.2) is 0 Å². The predicted molar refractivity (Wildman–Crippen MR) is 75.3 cm³/mol. The van der Waals surface area contributed by atoms with Crippen LogP contribution in [0.4, 0.5) is 0 Å². The van der Waals surface area contributed by atoms with E-state index in [1.165, 1.54) is 0 Å². The molecule has 3 heteroatoms. The molecule has 0 fully saturated rings. The maximum atomic E-state index is 8.56. The van der Waals surface area contributed by atoms with Crippen LogP contribution in [-0.4, -0.2) is 18.3 Å². The van der Waals surface area contributed by atoms with Gasteiger partial charge in [0.2, 0.25) is 0 Å². The molecule has 3 N–H and O–H groups in total. The van der Waals surface area contributed by atoms with Crippen LogP contribution in [0.1, 0.15) is 25.8 Å². The van der Waals surface area contributed by atoms with Gasteiger partial charge in [0.05, 0.1) is 0 Å². The number of halogens is 1.